The Labute approximate surface area is 212 Å². The second kappa shape index (κ2) is 23.1. The number of hydrogen-bond acceptors (Lipinski definition) is 7. The van der Waals surface area contributed by atoms with Gasteiger partial charge in [-0.3, -0.25) is 0 Å². The molecule has 0 bridgehead atoms. The van der Waals surface area contributed by atoms with Gasteiger partial charge in [0.15, 0.2) is 0 Å². The van der Waals surface area contributed by atoms with E-state index >= 15 is 0 Å². The van der Waals surface area contributed by atoms with E-state index < -0.39 is 39.8 Å². The summed E-state index contributed by atoms with van der Waals surface area (Å²) < 4.78 is 28.5. The molecule has 0 aliphatic rings. The van der Waals surface area contributed by atoms with Gasteiger partial charge >= 0.3 is 213 Å². The van der Waals surface area contributed by atoms with Gasteiger partial charge in [0.05, 0.1) is 0 Å². The molecule has 0 atom stereocenters. The summed E-state index contributed by atoms with van der Waals surface area (Å²) in [6.45, 7) is 8.94. The van der Waals surface area contributed by atoms with Crippen LogP contribution in [0, 0.1) is 0 Å². The van der Waals surface area contributed by atoms with E-state index in [9.17, 15) is 9.59 Å². The number of unbranched alkanes of at least 4 members (excludes halogenated alkanes) is 10. The van der Waals surface area contributed by atoms with E-state index in [1.807, 2.05) is 6.92 Å². The van der Waals surface area contributed by atoms with Crippen LogP contribution in [0.25, 0.3) is 0 Å². The zero-order valence-electron chi connectivity index (χ0n) is 21.6. The Kier molecular flexibility index (Phi) is 22.6. The molecule has 0 aromatic carbocycles. The molecule has 0 amide bonds. The molecule has 0 spiro atoms. The summed E-state index contributed by atoms with van der Waals surface area (Å²) in [7, 11) is 0. The van der Waals surface area contributed by atoms with E-state index in [2.05, 4.69) is 20.8 Å². The number of carbonyl (C=O) groups is 2. The molecule has 194 valence electrons. The predicted octanol–water partition coefficient (Wildman–Crippen LogP) is 7.93. The molecule has 0 fully saturated rings. The van der Waals surface area contributed by atoms with Gasteiger partial charge in [-0.05, 0) is 0 Å². The molecule has 0 N–H and O–H groups in total. The molecule has 0 aliphatic heterocycles. The van der Waals surface area contributed by atoms with Crippen LogP contribution in [0.15, 0.2) is 0 Å². The molecule has 33 heavy (non-hydrogen) atoms. The van der Waals surface area contributed by atoms with Crippen LogP contribution in [-0.2, 0) is 22.0 Å². The summed E-state index contributed by atoms with van der Waals surface area (Å²) in [4.78, 5) is 24.7. The van der Waals surface area contributed by atoms with Crippen LogP contribution in [0.2, 0.25) is 4.44 Å². The maximum absolute atomic E-state index is 12.4. The Morgan fingerprint density at radius 3 is 1.58 bits per heavy atom. The van der Waals surface area contributed by atoms with Crippen LogP contribution in [0.3, 0.4) is 0 Å². The van der Waals surface area contributed by atoms with E-state index in [4.69, 9.17) is 22.0 Å². The molecule has 0 saturated carbocycles. The molecule has 0 rings (SSSR count). The third-order valence-electron chi connectivity index (χ3n) is 5.11. The molecule has 0 aromatic heterocycles. The van der Waals surface area contributed by atoms with Crippen LogP contribution < -0.4 is 0 Å². The molecule has 0 aromatic rings. The third-order valence-corrected chi connectivity index (χ3v) is 8.00. The molecular formula is C25H48O7Sn. The van der Waals surface area contributed by atoms with Gasteiger partial charge in [0.25, 0.3) is 0 Å². The van der Waals surface area contributed by atoms with Crippen molar-refractivity contribution in [3.63, 3.8) is 0 Å². The SMILES string of the molecule is CCCCCCC[CH2][Sn][O]C(CCCC)(OC(=O)OCCCCC)OC(=O)OCCCCC. The third kappa shape index (κ3) is 19.3. The van der Waals surface area contributed by atoms with Gasteiger partial charge in [-0.15, -0.1) is 0 Å². The number of hydrogen-bond donors (Lipinski definition) is 0. The number of ether oxygens (including phenoxy) is 4. The molecule has 0 saturated heterocycles. The van der Waals surface area contributed by atoms with Crippen LogP contribution in [0.4, 0.5) is 9.59 Å². The molecular weight excluding hydrogens is 531 g/mol. The average Bonchev–Trinajstić information content (AvgIpc) is 2.80. The molecule has 7 nitrogen and oxygen atoms in total. The second-order valence-electron chi connectivity index (χ2n) is 8.37. The minimum atomic E-state index is -1.74. The van der Waals surface area contributed by atoms with Gasteiger partial charge in [-0.2, -0.15) is 0 Å². The fraction of sp³-hybridized carbons (Fsp3) is 0.920. The van der Waals surface area contributed by atoms with E-state index in [0.29, 0.717) is 6.42 Å². The summed E-state index contributed by atoms with van der Waals surface area (Å²) in [5.74, 6) is -1.74. The van der Waals surface area contributed by atoms with Gasteiger partial charge in [0.2, 0.25) is 0 Å². The van der Waals surface area contributed by atoms with Gasteiger partial charge in [0, 0.05) is 0 Å². The summed E-state index contributed by atoms with van der Waals surface area (Å²) in [5.41, 5.74) is 0. The van der Waals surface area contributed by atoms with Crippen LogP contribution in [-0.4, -0.2) is 53.1 Å². The molecule has 0 heterocycles. The van der Waals surface area contributed by atoms with E-state index in [-0.39, 0.29) is 19.6 Å². The van der Waals surface area contributed by atoms with E-state index in [1.54, 1.807) is 0 Å². The van der Waals surface area contributed by atoms with Crippen molar-refractivity contribution < 1.29 is 31.6 Å². The zero-order chi connectivity index (χ0) is 24.6. The van der Waals surface area contributed by atoms with E-state index in [1.165, 1.54) is 32.1 Å². The Balaban J connectivity index is 4.92. The van der Waals surface area contributed by atoms with Gasteiger partial charge in [-0.25, -0.2) is 0 Å². The Morgan fingerprint density at radius 2 is 1.06 bits per heavy atom. The van der Waals surface area contributed by atoms with E-state index in [0.717, 1.165) is 55.8 Å². The van der Waals surface area contributed by atoms with Crippen molar-refractivity contribution in [1.82, 2.24) is 0 Å². The van der Waals surface area contributed by atoms with Crippen molar-refractivity contribution in [2.75, 3.05) is 13.2 Å². The number of rotatable bonds is 22. The van der Waals surface area contributed by atoms with Crippen molar-refractivity contribution in [2.45, 2.75) is 134 Å². The van der Waals surface area contributed by atoms with Crippen LogP contribution in [0.5, 0.6) is 0 Å². The first-order valence-electron chi connectivity index (χ1n) is 13.2. The first-order valence-corrected chi connectivity index (χ1v) is 16.3. The Hall–Kier alpha value is -0.701. The van der Waals surface area contributed by atoms with Crippen LogP contribution >= 0.6 is 0 Å². The molecule has 8 heteroatoms. The summed E-state index contributed by atoms with van der Waals surface area (Å²) >= 11 is -1.38. The summed E-state index contributed by atoms with van der Waals surface area (Å²) in [6.07, 6.45) is 12.9. The first-order chi connectivity index (χ1) is 16.0. The van der Waals surface area contributed by atoms with Crippen molar-refractivity contribution >= 4 is 33.9 Å². The standard InChI is InChI=1S/C17H31O7.C8H17.Sn/c1-4-7-10-13-21-15(18)23-17(20,12-9-6-3)24-16(19)22-14-11-8-5-2;1-3-5-7-8-6-4-2;/h4-14H2,1-3H3;1,3-8H2,2H3;/q-1;;+1. The first kappa shape index (κ1) is 32.3. The van der Waals surface area contributed by atoms with Gasteiger partial charge in [0.1, 0.15) is 0 Å². The van der Waals surface area contributed by atoms with Crippen molar-refractivity contribution in [2.24, 2.45) is 0 Å². The topological polar surface area (TPSA) is 80.3 Å². The summed E-state index contributed by atoms with van der Waals surface area (Å²) in [5, 5.41) is 0. The quantitative estimate of drug-likeness (QED) is 0.0558. The Bertz CT molecular complexity index is 448. The zero-order valence-corrected chi connectivity index (χ0v) is 24.4. The van der Waals surface area contributed by atoms with Crippen LogP contribution in [0.1, 0.15) is 124 Å². The molecule has 2 radical (unpaired) electrons. The maximum atomic E-state index is 12.4. The summed E-state index contributed by atoms with van der Waals surface area (Å²) in [6, 6.07) is 0. The average molecular weight is 579 g/mol. The van der Waals surface area contributed by atoms with Crippen molar-refractivity contribution in [3.8, 4) is 0 Å². The van der Waals surface area contributed by atoms with Gasteiger partial charge in [-0.1, -0.05) is 0 Å². The minimum absolute atomic E-state index is 0.273. The normalized spacial score (nSPS) is 11.3. The molecule has 0 aliphatic carbocycles. The van der Waals surface area contributed by atoms with Crippen molar-refractivity contribution in [1.29, 1.82) is 0 Å². The monoisotopic (exact) mass is 580 g/mol. The Morgan fingerprint density at radius 1 is 0.606 bits per heavy atom. The predicted molar refractivity (Wildman–Crippen MR) is 131 cm³/mol. The van der Waals surface area contributed by atoms with Gasteiger partial charge < -0.3 is 0 Å². The molecule has 0 unspecified atom stereocenters. The second-order valence-corrected chi connectivity index (χ2v) is 11.2. The fourth-order valence-electron chi connectivity index (χ4n) is 3.08. The van der Waals surface area contributed by atoms with Crippen molar-refractivity contribution in [3.05, 3.63) is 0 Å². The number of carbonyl (C=O) groups excluding carboxylic acids is 2. The fourth-order valence-corrected chi connectivity index (χ4v) is 5.65.